The van der Waals surface area contributed by atoms with Crippen molar-refractivity contribution in [1.29, 1.82) is 0 Å². The van der Waals surface area contributed by atoms with Crippen molar-refractivity contribution in [1.82, 2.24) is 14.8 Å². The van der Waals surface area contributed by atoms with Crippen LogP contribution in [0.4, 0.5) is 5.82 Å². The van der Waals surface area contributed by atoms with E-state index < -0.39 is 0 Å². The molecule has 2 heterocycles. The maximum atomic E-state index is 12.4. The first-order chi connectivity index (χ1) is 10.5. The van der Waals surface area contributed by atoms with Gasteiger partial charge < -0.3 is 14.7 Å². The molecule has 0 atom stereocenters. The predicted octanol–water partition coefficient (Wildman–Crippen LogP) is 0.842. The Bertz CT molecular complexity index is 585. The van der Waals surface area contributed by atoms with Crippen LogP contribution >= 0.6 is 0 Å². The molecule has 22 heavy (non-hydrogen) atoms. The maximum Gasteiger partial charge on any atom is 0.272 e. The molecule has 2 amide bonds. The summed E-state index contributed by atoms with van der Waals surface area (Å²) in [5.74, 6) is 1.39. The normalized spacial score (nSPS) is 18.5. The quantitative estimate of drug-likeness (QED) is 0.827. The third-order valence-corrected chi connectivity index (χ3v) is 4.31. The Hall–Kier alpha value is -2.11. The van der Waals surface area contributed by atoms with Gasteiger partial charge in [0.25, 0.3) is 5.91 Å². The number of hydrogen-bond acceptors (Lipinski definition) is 4. The molecule has 2 aliphatic rings. The van der Waals surface area contributed by atoms with Crippen LogP contribution in [0.3, 0.4) is 0 Å². The number of rotatable bonds is 4. The van der Waals surface area contributed by atoms with Crippen LogP contribution in [0.15, 0.2) is 18.2 Å². The smallest absolute Gasteiger partial charge is 0.272 e. The van der Waals surface area contributed by atoms with Gasteiger partial charge in [-0.2, -0.15) is 0 Å². The van der Waals surface area contributed by atoms with Gasteiger partial charge in [0, 0.05) is 33.7 Å². The Labute approximate surface area is 130 Å². The fraction of sp³-hybridized carbons (Fsp3) is 0.562. The van der Waals surface area contributed by atoms with Crippen molar-refractivity contribution in [3.05, 3.63) is 23.9 Å². The number of aromatic nitrogens is 1. The number of hydrogen-bond donors (Lipinski definition) is 0. The zero-order valence-electron chi connectivity index (χ0n) is 13.2. The third kappa shape index (κ3) is 3.21. The molecule has 1 aliphatic carbocycles. The van der Waals surface area contributed by atoms with Crippen LogP contribution < -0.4 is 4.90 Å². The van der Waals surface area contributed by atoms with E-state index >= 15 is 0 Å². The summed E-state index contributed by atoms with van der Waals surface area (Å²) in [7, 11) is 3.63. The van der Waals surface area contributed by atoms with Crippen molar-refractivity contribution in [3.63, 3.8) is 0 Å². The van der Waals surface area contributed by atoms with E-state index in [9.17, 15) is 9.59 Å². The molecule has 1 aromatic rings. The van der Waals surface area contributed by atoms with Gasteiger partial charge in [0.05, 0.1) is 6.54 Å². The van der Waals surface area contributed by atoms with E-state index in [0.717, 1.165) is 13.1 Å². The van der Waals surface area contributed by atoms with Crippen molar-refractivity contribution in [2.45, 2.75) is 12.8 Å². The molecule has 0 aromatic carbocycles. The topological polar surface area (TPSA) is 56.8 Å². The fourth-order valence-electron chi connectivity index (χ4n) is 2.64. The minimum Gasteiger partial charge on any atom is -0.346 e. The lowest BCUT2D eigenvalue weighted by molar-refractivity contribution is -0.129. The molecule has 0 spiro atoms. The highest BCUT2D eigenvalue weighted by Crippen LogP contribution is 2.29. The highest BCUT2D eigenvalue weighted by Gasteiger charge is 2.26. The molecule has 118 valence electrons. The van der Waals surface area contributed by atoms with Crippen molar-refractivity contribution < 1.29 is 9.59 Å². The van der Waals surface area contributed by atoms with E-state index in [2.05, 4.69) is 4.98 Å². The molecule has 0 bridgehead atoms. The molecule has 3 rings (SSSR count). The minimum atomic E-state index is -0.0470. The maximum absolute atomic E-state index is 12.4. The molecule has 1 saturated heterocycles. The molecule has 1 saturated carbocycles. The Morgan fingerprint density at radius 2 is 2.14 bits per heavy atom. The zero-order valence-corrected chi connectivity index (χ0v) is 13.2. The molecule has 0 N–H and O–H groups in total. The van der Waals surface area contributed by atoms with Gasteiger partial charge in [-0.1, -0.05) is 6.07 Å². The number of pyridine rings is 1. The van der Waals surface area contributed by atoms with Crippen LogP contribution in [0.2, 0.25) is 0 Å². The second kappa shape index (κ2) is 5.94. The van der Waals surface area contributed by atoms with Gasteiger partial charge in [0.2, 0.25) is 5.91 Å². The SMILES string of the molecule is CN1CCN(c2cccc(C(=O)N(C)CC3CC3)n2)CC1=O. The van der Waals surface area contributed by atoms with E-state index in [1.165, 1.54) is 12.8 Å². The van der Waals surface area contributed by atoms with Crippen LogP contribution in [-0.4, -0.2) is 66.9 Å². The Morgan fingerprint density at radius 1 is 1.36 bits per heavy atom. The van der Waals surface area contributed by atoms with Gasteiger partial charge in [-0.3, -0.25) is 9.59 Å². The van der Waals surface area contributed by atoms with E-state index in [-0.39, 0.29) is 11.8 Å². The van der Waals surface area contributed by atoms with Gasteiger partial charge in [0.1, 0.15) is 11.5 Å². The van der Waals surface area contributed by atoms with Crippen LogP contribution in [0, 0.1) is 5.92 Å². The van der Waals surface area contributed by atoms with Crippen molar-refractivity contribution in [2.75, 3.05) is 45.2 Å². The molecule has 0 radical (unpaired) electrons. The molecule has 0 unspecified atom stereocenters. The number of carbonyl (C=O) groups is 2. The third-order valence-electron chi connectivity index (χ3n) is 4.31. The number of likely N-dealkylation sites (N-methyl/N-ethyl adjacent to an activating group) is 1. The second-order valence-electron chi connectivity index (χ2n) is 6.25. The molecule has 1 aliphatic heterocycles. The average Bonchev–Trinajstić information content (AvgIpc) is 3.33. The monoisotopic (exact) mass is 302 g/mol. The summed E-state index contributed by atoms with van der Waals surface area (Å²) in [6.45, 7) is 2.54. The summed E-state index contributed by atoms with van der Waals surface area (Å²) < 4.78 is 0. The lowest BCUT2D eigenvalue weighted by atomic mass is 10.2. The van der Waals surface area contributed by atoms with Crippen LogP contribution in [-0.2, 0) is 4.79 Å². The second-order valence-corrected chi connectivity index (χ2v) is 6.25. The van der Waals surface area contributed by atoms with Gasteiger partial charge in [-0.15, -0.1) is 0 Å². The highest BCUT2D eigenvalue weighted by atomic mass is 16.2. The molecule has 6 nitrogen and oxygen atoms in total. The lowest BCUT2D eigenvalue weighted by Crippen LogP contribution is -2.49. The Balaban J connectivity index is 1.71. The summed E-state index contributed by atoms with van der Waals surface area (Å²) in [4.78, 5) is 34.1. The minimum absolute atomic E-state index is 0.0470. The van der Waals surface area contributed by atoms with Gasteiger partial charge in [0.15, 0.2) is 0 Å². The molecule has 2 fully saturated rings. The first-order valence-electron chi connectivity index (χ1n) is 7.76. The van der Waals surface area contributed by atoms with Crippen molar-refractivity contribution >= 4 is 17.6 Å². The number of nitrogens with zero attached hydrogens (tertiary/aromatic N) is 4. The molecular weight excluding hydrogens is 280 g/mol. The van der Waals surface area contributed by atoms with Crippen LogP contribution in [0.1, 0.15) is 23.3 Å². The average molecular weight is 302 g/mol. The first kappa shape index (κ1) is 14.8. The van der Waals surface area contributed by atoms with E-state index in [1.54, 1.807) is 22.9 Å². The number of carbonyl (C=O) groups excluding carboxylic acids is 2. The van der Waals surface area contributed by atoms with E-state index in [1.807, 2.05) is 24.1 Å². The van der Waals surface area contributed by atoms with Gasteiger partial charge >= 0.3 is 0 Å². The Kier molecular flexibility index (Phi) is 4.00. The summed E-state index contributed by atoms with van der Waals surface area (Å²) in [5, 5.41) is 0. The number of anilines is 1. The molecule has 1 aromatic heterocycles. The van der Waals surface area contributed by atoms with E-state index in [0.29, 0.717) is 30.5 Å². The first-order valence-corrected chi connectivity index (χ1v) is 7.76. The zero-order chi connectivity index (χ0) is 15.7. The Morgan fingerprint density at radius 3 is 2.82 bits per heavy atom. The predicted molar refractivity (Wildman–Crippen MR) is 83.8 cm³/mol. The van der Waals surface area contributed by atoms with Crippen LogP contribution in [0.25, 0.3) is 0 Å². The molecular formula is C16H22N4O2. The largest absolute Gasteiger partial charge is 0.346 e. The standard InChI is InChI=1S/C16H22N4O2/c1-18-8-9-20(11-15(18)21)14-5-3-4-13(17-14)16(22)19(2)10-12-6-7-12/h3-5,12H,6-11H2,1-2H3. The van der Waals surface area contributed by atoms with Crippen molar-refractivity contribution in [3.8, 4) is 0 Å². The summed E-state index contributed by atoms with van der Waals surface area (Å²) in [5.41, 5.74) is 0.451. The van der Waals surface area contributed by atoms with Gasteiger partial charge in [-0.25, -0.2) is 4.98 Å². The van der Waals surface area contributed by atoms with Crippen molar-refractivity contribution in [2.24, 2.45) is 5.92 Å². The number of piperazine rings is 1. The summed E-state index contributed by atoms with van der Waals surface area (Å²) >= 11 is 0. The fourth-order valence-corrected chi connectivity index (χ4v) is 2.64. The van der Waals surface area contributed by atoms with Gasteiger partial charge in [-0.05, 0) is 30.9 Å². The number of amides is 2. The summed E-state index contributed by atoms with van der Waals surface area (Å²) in [6, 6.07) is 5.44. The van der Waals surface area contributed by atoms with E-state index in [4.69, 9.17) is 0 Å². The summed E-state index contributed by atoms with van der Waals surface area (Å²) in [6.07, 6.45) is 2.43. The van der Waals surface area contributed by atoms with Crippen LogP contribution in [0.5, 0.6) is 0 Å². The molecule has 6 heteroatoms. The lowest BCUT2D eigenvalue weighted by Gasteiger charge is -2.32. The highest BCUT2D eigenvalue weighted by molar-refractivity contribution is 5.92.